The minimum Gasteiger partial charge on any atom is -0.329 e. The number of hydrogen-bond acceptors (Lipinski definition) is 2. The maximum absolute atomic E-state index is 12.4. The molecule has 0 saturated carbocycles. The molecule has 2 aromatic heterocycles. The van der Waals surface area contributed by atoms with Gasteiger partial charge in [-0.25, -0.2) is 4.98 Å². The fourth-order valence-corrected chi connectivity index (χ4v) is 3.52. The van der Waals surface area contributed by atoms with Crippen LogP contribution in [0.4, 0.5) is 0 Å². The Morgan fingerprint density at radius 2 is 1.73 bits per heavy atom. The summed E-state index contributed by atoms with van der Waals surface area (Å²) >= 11 is 0. The summed E-state index contributed by atoms with van der Waals surface area (Å²) in [6.07, 6.45) is 0. The van der Waals surface area contributed by atoms with E-state index in [-0.39, 0.29) is 5.56 Å². The van der Waals surface area contributed by atoms with Gasteiger partial charge in [0.25, 0.3) is 5.56 Å². The highest BCUT2D eigenvalue weighted by molar-refractivity contribution is 5.82. The summed E-state index contributed by atoms with van der Waals surface area (Å²) in [6.45, 7) is 3.53. The van der Waals surface area contributed by atoms with E-state index in [1.54, 1.807) is 10.5 Å². The Kier molecular flexibility index (Phi) is 4.27. The summed E-state index contributed by atoms with van der Waals surface area (Å²) in [4.78, 5) is 18.4. The van der Waals surface area contributed by atoms with Crippen molar-refractivity contribution >= 4 is 16.4 Å². The molecule has 1 N–H and O–H groups in total. The number of fused-ring (bicyclic) bond motifs is 2. The number of nitrogens with one attached hydrogen (secondary N) is 1. The molecule has 4 nitrogen and oxygen atoms in total. The van der Waals surface area contributed by atoms with Crippen LogP contribution in [0.5, 0.6) is 0 Å². The molecule has 26 heavy (non-hydrogen) atoms. The normalized spacial score (nSPS) is 12.5. The van der Waals surface area contributed by atoms with Gasteiger partial charge in [0.05, 0.1) is 7.05 Å². The number of aryl methyl sites for hydroxylation is 1. The Balaban J connectivity index is 1.56. The van der Waals surface area contributed by atoms with E-state index in [4.69, 9.17) is 0 Å². The van der Waals surface area contributed by atoms with Crippen molar-refractivity contribution in [3.8, 4) is 0 Å². The third-order valence-electron chi connectivity index (χ3n) is 4.74. The van der Waals surface area contributed by atoms with Crippen LogP contribution in [0.2, 0.25) is 0 Å². The molecule has 0 fully saturated rings. The van der Waals surface area contributed by atoms with Gasteiger partial charge in [-0.1, -0.05) is 42.5 Å². The second kappa shape index (κ2) is 6.73. The van der Waals surface area contributed by atoms with Crippen molar-refractivity contribution in [2.24, 2.45) is 0 Å². The van der Waals surface area contributed by atoms with Crippen molar-refractivity contribution in [2.45, 2.75) is 20.0 Å². The lowest BCUT2D eigenvalue weighted by Crippen LogP contribution is -3.06. The molecule has 4 heteroatoms. The molecule has 2 aromatic carbocycles. The first-order valence-electron chi connectivity index (χ1n) is 8.87. The Bertz CT molecular complexity index is 1150. The first kappa shape index (κ1) is 16.5. The summed E-state index contributed by atoms with van der Waals surface area (Å²) in [5, 5.41) is 2.52. The molecule has 0 aliphatic carbocycles. The minimum absolute atomic E-state index is 0.0124. The van der Waals surface area contributed by atoms with Crippen LogP contribution in [0.1, 0.15) is 17.0 Å². The highest BCUT2D eigenvalue weighted by Gasteiger charge is 2.10. The van der Waals surface area contributed by atoms with Crippen LogP contribution in [0.25, 0.3) is 16.4 Å². The van der Waals surface area contributed by atoms with Crippen LogP contribution < -0.4 is 10.5 Å². The topological polar surface area (TPSA) is 38.8 Å². The Labute approximate surface area is 152 Å². The number of rotatable bonds is 4. The van der Waals surface area contributed by atoms with E-state index in [9.17, 15) is 4.79 Å². The number of benzene rings is 2. The molecule has 1 unspecified atom stereocenters. The molecule has 2 heterocycles. The first-order chi connectivity index (χ1) is 12.6. The van der Waals surface area contributed by atoms with Gasteiger partial charge in [-0.2, -0.15) is 0 Å². The van der Waals surface area contributed by atoms with Gasteiger partial charge in [-0.05, 0) is 35.9 Å². The van der Waals surface area contributed by atoms with Crippen molar-refractivity contribution in [3.63, 3.8) is 0 Å². The fraction of sp³-hybridized carbons (Fsp3) is 0.182. The fourth-order valence-electron chi connectivity index (χ4n) is 3.52. The molecule has 130 valence electrons. The molecule has 0 bridgehead atoms. The number of pyridine rings is 1. The molecule has 0 aliphatic heterocycles. The van der Waals surface area contributed by atoms with E-state index in [0.717, 1.165) is 17.9 Å². The quantitative estimate of drug-likeness (QED) is 0.617. The number of nitrogens with zero attached hydrogens (tertiary/aromatic N) is 2. The second-order valence-electron chi connectivity index (χ2n) is 6.94. The van der Waals surface area contributed by atoms with Gasteiger partial charge < -0.3 is 4.90 Å². The Morgan fingerprint density at radius 1 is 0.923 bits per heavy atom. The summed E-state index contributed by atoms with van der Waals surface area (Å²) in [5.74, 6) is 0. The zero-order valence-corrected chi connectivity index (χ0v) is 15.1. The van der Waals surface area contributed by atoms with Gasteiger partial charge in [0.15, 0.2) is 0 Å². The first-order valence-corrected chi connectivity index (χ1v) is 8.87. The van der Waals surface area contributed by atoms with Gasteiger partial charge in [-0.15, -0.1) is 0 Å². The van der Waals surface area contributed by atoms with Crippen molar-refractivity contribution in [3.05, 3.63) is 94.0 Å². The highest BCUT2D eigenvalue weighted by atomic mass is 16.1. The molecule has 1 atom stereocenters. The van der Waals surface area contributed by atoms with Gasteiger partial charge in [0, 0.05) is 17.3 Å². The van der Waals surface area contributed by atoms with E-state index >= 15 is 0 Å². The second-order valence-corrected chi connectivity index (χ2v) is 6.94. The zero-order valence-electron chi connectivity index (χ0n) is 15.1. The van der Waals surface area contributed by atoms with Crippen molar-refractivity contribution in [2.75, 3.05) is 7.05 Å². The predicted octanol–water partition coefficient (Wildman–Crippen LogP) is 2.37. The van der Waals surface area contributed by atoms with Crippen molar-refractivity contribution < 1.29 is 4.90 Å². The standard InChI is InChI=1S/C22H21N3O/c1-16-6-5-9-21-23-20(13-22(26)25(16)21)15-24(2)14-17-10-11-18-7-3-4-8-19(18)12-17/h3-13H,14-15H2,1-2H3/p+1. The van der Waals surface area contributed by atoms with Gasteiger partial charge in [0.1, 0.15) is 24.4 Å². The monoisotopic (exact) mass is 344 g/mol. The summed E-state index contributed by atoms with van der Waals surface area (Å²) in [7, 11) is 2.13. The highest BCUT2D eigenvalue weighted by Crippen LogP contribution is 2.15. The molecule has 4 rings (SSSR count). The molecule has 4 aromatic rings. The average molecular weight is 344 g/mol. The summed E-state index contributed by atoms with van der Waals surface area (Å²) < 4.78 is 1.65. The minimum atomic E-state index is -0.0124. The summed E-state index contributed by atoms with van der Waals surface area (Å²) in [5.41, 5.74) is 3.73. The molecular formula is C22H22N3O+. The lowest BCUT2D eigenvalue weighted by atomic mass is 10.1. The van der Waals surface area contributed by atoms with Crippen LogP contribution in [0, 0.1) is 6.92 Å². The molecule has 0 spiro atoms. The van der Waals surface area contributed by atoms with E-state index < -0.39 is 0 Å². The third-order valence-corrected chi connectivity index (χ3v) is 4.74. The zero-order chi connectivity index (χ0) is 18.1. The molecular weight excluding hydrogens is 322 g/mol. The van der Waals surface area contributed by atoms with E-state index in [0.29, 0.717) is 12.2 Å². The van der Waals surface area contributed by atoms with E-state index in [1.165, 1.54) is 21.2 Å². The van der Waals surface area contributed by atoms with Crippen LogP contribution in [0.15, 0.2) is 71.5 Å². The lowest BCUT2D eigenvalue weighted by Gasteiger charge is -2.14. The maximum atomic E-state index is 12.4. The van der Waals surface area contributed by atoms with Gasteiger partial charge in [-0.3, -0.25) is 9.20 Å². The molecule has 0 radical (unpaired) electrons. The van der Waals surface area contributed by atoms with Crippen molar-refractivity contribution in [1.82, 2.24) is 9.38 Å². The number of hydrogen-bond donors (Lipinski definition) is 1. The van der Waals surface area contributed by atoms with Crippen LogP contribution >= 0.6 is 0 Å². The average Bonchev–Trinajstić information content (AvgIpc) is 2.61. The van der Waals surface area contributed by atoms with E-state index in [1.807, 2.05) is 25.1 Å². The van der Waals surface area contributed by atoms with Crippen LogP contribution in [-0.2, 0) is 13.1 Å². The van der Waals surface area contributed by atoms with Crippen LogP contribution in [-0.4, -0.2) is 16.4 Å². The van der Waals surface area contributed by atoms with E-state index in [2.05, 4.69) is 54.5 Å². The maximum Gasteiger partial charge on any atom is 0.258 e. The Morgan fingerprint density at radius 3 is 2.58 bits per heavy atom. The number of aromatic nitrogens is 2. The lowest BCUT2D eigenvalue weighted by molar-refractivity contribution is -0.908. The molecule has 0 amide bonds. The Hall–Kier alpha value is -2.98. The van der Waals surface area contributed by atoms with Crippen molar-refractivity contribution in [1.29, 1.82) is 0 Å². The molecule has 0 aliphatic rings. The summed E-state index contributed by atoms with van der Waals surface area (Å²) in [6, 6.07) is 22.4. The van der Waals surface area contributed by atoms with Crippen LogP contribution in [0.3, 0.4) is 0 Å². The SMILES string of the molecule is Cc1cccc2nc(C[NH+](C)Cc3ccc4ccccc4c3)cc(=O)n12. The van der Waals surface area contributed by atoms with Gasteiger partial charge >= 0.3 is 0 Å². The van der Waals surface area contributed by atoms with Gasteiger partial charge in [0.2, 0.25) is 0 Å². The number of quaternary nitrogens is 1. The smallest absolute Gasteiger partial charge is 0.258 e. The largest absolute Gasteiger partial charge is 0.329 e. The molecule has 0 saturated heterocycles. The third kappa shape index (κ3) is 3.24. The predicted molar refractivity (Wildman–Crippen MR) is 104 cm³/mol.